The van der Waals surface area contributed by atoms with E-state index in [1.165, 1.54) is 12.1 Å². The van der Waals surface area contributed by atoms with E-state index in [0.717, 1.165) is 11.0 Å². The normalized spacial score (nSPS) is 19.0. The second-order valence-corrected chi connectivity index (χ2v) is 6.05. The monoisotopic (exact) mass is 348 g/mol. The fraction of sp³-hybridized carbons (Fsp3) is 0.158. The van der Waals surface area contributed by atoms with Gasteiger partial charge in [-0.15, -0.1) is 0 Å². The van der Waals surface area contributed by atoms with Crippen LogP contribution in [-0.2, 0) is 16.9 Å². The molecule has 0 aromatic heterocycles. The third kappa shape index (κ3) is 2.76. The maximum atomic E-state index is 13.3. The van der Waals surface area contributed by atoms with Crippen LogP contribution in [0.5, 0.6) is 0 Å². The number of nitriles is 2. The van der Waals surface area contributed by atoms with Crippen molar-refractivity contribution < 1.29 is 14.0 Å². The van der Waals surface area contributed by atoms with Crippen LogP contribution in [-0.4, -0.2) is 16.8 Å². The van der Waals surface area contributed by atoms with Crippen LogP contribution in [0.3, 0.4) is 0 Å². The van der Waals surface area contributed by atoms with E-state index in [4.69, 9.17) is 10.5 Å². The van der Waals surface area contributed by atoms with Crippen molar-refractivity contribution in [3.63, 3.8) is 0 Å². The molecule has 3 rings (SSSR count). The minimum Gasteiger partial charge on any atom is -0.319 e. The van der Waals surface area contributed by atoms with Crippen LogP contribution in [0.25, 0.3) is 0 Å². The van der Waals surface area contributed by atoms with Crippen molar-refractivity contribution in [2.24, 2.45) is 0 Å². The van der Waals surface area contributed by atoms with Crippen LogP contribution >= 0.6 is 0 Å². The summed E-state index contributed by atoms with van der Waals surface area (Å²) >= 11 is 0. The molecule has 1 N–H and O–H groups in total. The summed E-state index contributed by atoms with van der Waals surface area (Å²) in [6.07, 6.45) is 0. The third-order valence-electron chi connectivity index (χ3n) is 4.39. The zero-order valence-electron chi connectivity index (χ0n) is 13.8. The standard InChI is InChI=1S/C19H13FN4O2/c1-19(15-5-2-12(9-21)3-6-15)17(25)24(18(26)23-19)11-13-4-7-16(20)8-14(13)10-22/h2-8H,11H2,1H3,(H,23,26). The summed E-state index contributed by atoms with van der Waals surface area (Å²) in [6, 6.07) is 13.2. The highest BCUT2D eigenvalue weighted by Crippen LogP contribution is 2.30. The minimum absolute atomic E-state index is 0.0672. The van der Waals surface area contributed by atoms with Gasteiger partial charge >= 0.3 is 6.03 Å². The Labute approximate surface area is 149 Å². The molecule has 2 aromatic rings. The molecule has 0 radical (unpaired) electrons. The largest absolute Gasteiger partial charge is 0.325 e. The zero-order chi connectivity index (χ0) is 18.9. The summed E-state index contributed by atoms with van der Waals surface area (Å²) in [5, 5.41) is 20.7. The molecule has 1 saturated heterocycles. The number of imide groups is 1. The van der Waals surface area contributed by atoms with E-state index in [1.807, 2.05) is 12.1 Å². The Morgan fingerprint density at radius 3 is 2.42 bits per heavy atom. The lowest BCUT2D eigenvalue weighted by molar-refractivity contribution is -0.131. The average Bonchev–Trinajstić information content (AvgIpc) is 2.87. The summed E-state index contributed by atoms with van der Waals surface area (Å²) < 4.78 is 13.3. The maximum Gasteiger partial charge on any atom is 0.325 e. The fourth-order valence-corrected chi connectivity index (χ4v) is 2.88. The number of halogens is 1. The molecule has 26 heavy (non-hydrogen) atoms. The van der Waals surface area contributed by atoms with Crippen LogP contribution in [0.1, 0.15) is 29.2 Å². The van der Waals surface area contributed by atoms with E-state index in [1.54, 1.807) is 31.2 Å². The van der Waals surface area contributed by atoms with Crippen LogP contribution in [0, 0.1) is 28.5 Å². The molecule has 6 nitrogen and oxygen atoms in total. The maximum absolute atomic E-state index is 13.3. The first-order valence-corrected chi connectivity index (χ1v) is 7.72. The highest BCUT2D eigenvalue weighted by Gasteiger charge is 2.49. The second-order valence-electron chi connectivity index (χ2n) is 6.05. The van der Waals surface area contributed by atoms with Crippen molar-refractivity contribution in [1.29, 1.82) is 10.5 Å². The number of carbonyl (C=O) groups is 2. The van der Waals surface area contributed by atoms with Gasteiger partial charge in [0.2, 0.25) is 0 Å². The number of hydrogen-bond donors (Lipinski definition) is 1. The van der Waals surface area contributed by atoms with E-state index < -0.39 is 23.3 Å². The number of carbonyl (C=O) groups excluding carboxylic acids is 2. The summed E-state index contributed by atoms with van der Waals surface area (Å²) in [5.41, 5.74) is 0.143. The molecule has 128 valence electrons. The van der Waals surface area contributed by atoms with Crippen molar-refractivity contribution in [2.75, 3.05) is 0 Å². The second kappa shape index (κ2) is 6.30. The van der Waals surface area contributed by atoms with Gasteiger partial charge in [-0.3, -0.25) is 9.69 Å². The Balaban J connectivity index is 1.92. The molecule has 1 fully saturated rings. The Bertz CT molecular complexity index is 988. The van der Waals surface area contributed by atoms with Gasteiger partial charge in [-0.2, -0.15) is 10.5 Å². The molecule has 1 heterocycles. The average molecular weight is 348 g/mol. The molecule has 1 unspecified atom stereocenters. The highest BCUT2D eigenvalue weighted by molar-refractivity contribution is 6.07. The van der Waals surface area contributed by atoms with Gasteiger partial charge in [0.15, 0.2) is 0 Å². The van der Waals surface area contributed by atoms with Gasteiger partial charge in [0.1, 0.15) is 11.4 Å². The van der Waals surface area contributed by atoms with Gasteiger partial charge < -0.3 is 5.32 Å². The first-order valence-electron chi connectivity index (χ1n) is 7.72. The number of hydrogen-bond acceptors (Lipinski definition) is 4. The van der Waals surface area contributed by atoms with Gasteiger partial charge in [-0.25, -0.2) is 9.18 Å². The van der Waals surface area contributed by atoms with Gasteiger partial charge in [0.05, 0.1) is 29.8 Å². The molecule has 1 atom stereocenters. The Kier molecular flexibility index (Phi) is 4.15. The molecule has 0 bridgehead atoms. The number of nitrogens with one attached hydrogen (secondary N) is 1. The summed E-state index contributed by atoms with van der Waals surface area (Å²) in [4.78, 5) is 26.2. The summed E-state index contributed by atoms with van der Waals surface area (Å²) in [5.74, 6) is -1.05. The van der Waals surface area contributed by atoms with E-state index in [2.05, 4.69) is 5.32 Å². The molecule has 7 heteroatoms. The van der Waals surface area contributed by atoms with Gasteiger partial charge in [-0.05, 0) is 42.3 Å². The third-order valence-corrected chi connectivity index (χ3v) is 4.39. The van der Waals surface area contributed by atoms with Crippen molar-refractivity contribution in [1.82, 2.24) is 10.2 Å². The van der Waals surface area contributed by atoms with Crippen molar-refractivity contribution >= 4 is 11.9 Å². The summed E-state index contributed by atoms with van der Waals surface area (Å²) in [6.45, 7) is 1.43. The van der Waals surface area contributed by atoms with Crippen LogP contribution in [0.2, 0.25) is 0 Å². The first-order chi connectivity index (χ1) is 12.4. The number of nitrogens with zero attached hydrogens (tertiary/aromatic N) is 3. The SMILES string of the molecule is CC1(c2ccc(C#N)cc2)NC(=O)N(Cc2ccc(F)cc2C#N)C1=O. The van der Waals surface area contributed by atoms with E-state index in [0.29, 0.717) is 16.7 Å². The molecule has 0 spiro atoms. The van der Waals surface area contributed by atoms with Crippen molar-refractivity contribution in [3.8, 4) is 12.1 Å². The quantitative estimate of drug-likeness (QED) is 0.862. The summed E-state index contributed by atoms with van der Waals surface area (Å²) in [7, 11) is 0. The predicted molar refractivity (Wildman–Crippen MR) is 88.7 cm³/mol. The lowest BCUT2D eigenvalue weighted by atomic mass is 9.91. The smallest absolute Gasteiger partial charge is 0.319 e. The van der Waals surface area contributed by atoms with Crippen LogP contribution in [0.4, 0.5) is 9.18 Å². The molecule has 0 saturated carbocycles. The van der Waals surface area contributed by atoms with Crippen LogP contribution in [0.15, 0.2) is 42.5 Å². The predicted octanol–water partition coefficient (Wildman–Crippen LogP) is 2.54. The van der Waals surface area contributed by atoms with Gasteiger partial charge in [0, 0.05) is 0 Å². The van der Waals surface area contributed by atoms with E-state index in [-0.39, 0.29) is 12.1 Å². The molecule has 1 aliphatic heterocycles. The first kappa shape index (κ1) is 17.1. The molecular formula is C19H13FN4O2. The number of urea groups is 1. The zero-order valence-corrected chi connectivity index (χ0v) is 13.8. The van der Waals surface area contributed by atoms with Crippen molar-refractivity contribution in [2.45, 2.75) is 19.0 Å². The fourth-order valence-electron chi connectivity index (χ4n) is 2.88. The van der Waals surface area contributed by atoms with E-state index >= 15 is 0 Å². The van der Waals surface area contributed by atoms with Crippen molar-refractivity contribution in [3.05, 3.63) is 70.5 Å². The number of amides is 3. The number of benzene rings is 2. The Morgan fingerprint density at radius 2 is 1.81 bits per heavy atom. The van der Waals surface area contributed by atoms with Crippen LogP contribution < -0.4 is 5.32 Å². The number of rotatable bonds is 3. The molecule has 0 aliphatic carbocycles. The highest BCUT2D eigenvalue weighted by atomic mass is 19.1. The van der Waals surface area contributed by atoms with E-state index in [9.17, 15) is 14.0 Å². The lowest BCUT2D eigenvalue weighted by Crippen LogP contribution is -2.40. The minimum atomic E-state index is -1.28. The topological polar surface area (TPSA) is 97.0 Å². The Morgan fingerprint density at radius 1 is 1.12 bits per heavy atom. The molecule has 2 aromatic carbocycles. The lowest BCUT2D eigenvalue weighted by Gasteiger charge is -2.22. The molecule has 1 aliphatic rings. The van der Waals surface area contributed by atoms with Gasteiger partial charge in [0.25, 0.3) is 5.91 Å². The molecule has 3 amide bonds. The Hall–Kier alpha value is -3.71. The van der Waals surface area contributed by atoms with Gasteiger partial charge in [-0.1, -0.05) is 18.2 Å². The molecular weight excluding hydrogens is 335 g/mol.